The smallest absolute Gasteiger partial charge is 0.419 e. The molecule has 0 aliphatic carbocycles. The summed E-state index contributed by atoms with van der Waals surface area (Å²) in [4.78, 5) is 26.7. The van der Waals surface area contributed by atoms with Gasteiger partial charge in [0.05, 0.1) is 11.4 Å². The highest BCUT2D eigenvalue weighted by Gasteiger charge is 2.27. The van der Waals surface area contributed by atoms with E-state index < -0.39 is 11.7 Å². The SMILES string of the molecule is CCC(C(=O)N(C)C)c1cn(C(=O)OC(C)(C)C)c2ccccc12. The van der Waals surface area contributed by atoms with Gasteiger partial charge in [0, 0.05) is 25.7 Å². The number of carbonyl (C=O) groups excluding carboxylic acids is 2. The third kappa shape index (κ3) is 3.61. The number of ether oxygens (including phenoxy) is 1. The van der Waals surface area contributed by atoms with Crippen LogP contribution >= 0.6 is 0 Å². The number of benzene rings is 1. The van der Waals surface area contributed by atoms with Crippen molar-refractivity contribution in [1.82, 2.24) is 9.47 Å². The molecule has 1 aromatic heterocycles. The van der Waals surface area contributed by atoms with Gasteiger partial charge in [-0.3, -0.25) is 9.36 Å². The predicted molar refractivity (Wildman–Crippen MR) is 95.3 cm³/mol. The second-order valence-corrected chi connectivity index (χ2v) is 7.15. The van der Waals surface area contributed by atoms with E-state index >= 15 is 0 Å². The van der Waals surface area contributed by atoms with Gasteiger partial charge in [0.25, 0.3) is 0 Å². The average molecular weight is 330 g/mol. The van der Waals surface area contributed by atoms with Crippen LogP contribution in [0.4, 0.5) is 4.79 Å². The zero-order chi connectivity index (χ0) is 18.1. The summed E-state index contributed by atoms with van der Waals surface area (Å²) in [6.07, 6.45) is 1.98. The highest BCUT2D eigenvalue weighted by atomic mass is 16.6. The molecule has 0 saturated carbocycles. The number of amides is 1. The van der Waals surface area contributed by atoms with Crippen molar-refractivity contribution in [2.45, 2.75) is 45.6 Å². The van der Waals surface area contributed by atoms with Gasteiger partial charge in [-0.2, -0.15) is 0 Å². The van der Waals surface area contributed by atoms with Crippen LogP contribution in [0.2, 0.25) is 0 Å². The van der Waals surface area contributed by atoms with Crippen LogP contribution in [0.5, 0.6) is 0 Å². The van der Waals surface area contributed by atoms with E-state index in [2.05, 4.69) is 0 Å². The summed E-state index contributed by atoms with van der Waals surface area (Å²) in [6, 6.07) is 7.60. The van der Waals surface area contributed by atoms with Crippen LogP contribution in [0.15, 0.2) is 30.5 Å². The second kappa shape index (κ2) is 6.67. The van der Waals surface area contributed by atoms with Crippen molar-refractivity contribution in [3.05, 3.63) is 36.0 Å². The number of rotatable bonds is 3. The maximum atomic E-state index is 12.5. The van der Waals surface area contributed by atoms with E-state index in [9.17, 15) is 9.59 Å². The van der Waals surface area contributed by atoms with E-state index in [1.54, 1.807) is 25.2 Å². The van der Waals surface area contributed by atoms with Gasteiger partial charge in [-0.25, -0.2) is 4.79 Å². The molecule has 0 fully saturated rings. The van der Waals surface area contributed by atoms with Crippen molar-refractivity contribution in [1.29, 1.82) is 0 Å². The van der Waals surface area contributed by atoms with E-state index in [0.717, 1.165) is 16.5 Å². The number of carbonyl (C=O) groups is 2. The van der Waals surface area contributed by atoms with E-state index in [0.29, 0.717) is 6.42 Å². The fourth-order valence-corrected chi connectivity index (χ4v) is 2.79. The number of aromatic nitrogens is 1. The number of fused-ring (bicyclic) bond motifs is 1. The molecular weight excluding hydrogens is 304 g/mol. The Morgan fingerprint density at radius 2 is 1.83 bits per heavy atom. The zero-order valence-corrected chi connectivity index (χ0v) is 15.3. The minimum Gasteiger partial charge on any atom is -0.443 e. The third-order valence-electron chi connectivity index (χ3n) is 3.86. The Bertz CT molecular complexity index is 754. The predicted octanol–water partition coefficient (Wildman–Crippen LogP) is 4.01. The molecule has 0 N–H and O–H groups in total. The van der Waals surface area contributed by atoms with Crippen LogP contribution in [0.1, 0.15) is 45.6 Å². The molecule has 130 valence electrons. The van der Waals surface area contributed by atoms with Crippen molar-refractivity contribution < 1.29 is 14.3 Å². The van der Waals surface area contributed by atoms with Gasteiger partial charge in [0.1, 0.15) is 5.60 Å². The van der Waals surface area contributed by atoms with Crippen LogP contribution in [-0.4, -0.2) is 41.2 Å². The molecular formula is C19H26N2O3. The molecule has 2 rings (SSSR count). The second-order valence-electron chi connectivity index (χ2n) is 7.15. The highest BCUT2D eigenvalue weighted by Crippen LogP contribution is 2.31. The normalized spacial score (nSPS) is 12.9. The zero-order valence-electron chi connectivity index (χ0n) is 15.3. The first-order chi connectivity index (χ1) is 11.2. The Balaban J connectivity index is 2.57. The Morgan fingerprint density at radius 3 is 2.38 bits per heavy atom. The first-order valence-corrected chi connectivity index (χ1v) is 8.20. The van der Waals surface area contributed by atoms with E-state index in [1.165, 1.54) is 4.57 Å². The van der Waals surface area contributed by atoms with Crippen LogP contribution in [0.25, 0.3) is 10.9 Å². The largest absolute Gasteiger partial charge is 0.443 e. The monoisotopic (exact) mass is 330 g/mol. The molecule has 0 aliphatic rings. The lowest BCUT2D eigenvalue weighted by atomic mass is 9.95. The first kappa shape index (κ1) is 18.0. The molecule has 0 radical (unpaired) electrons. The summed E-state index contributed by atoms with van der Waals surface area (Å²) in [5.74, 6) is -0.252. The maximum Gasteiger partial charge on any atom is 0.419 e. The first-order valence-electron chi connectivity index (χ1n) is 8.20. The van der Waals surface area contributed by atoms with Crippen molar-refractivity contribution in [3.63, 3.8) is 0 Å². The van der Waals surface area contributed by atoms with Crippen LogP contribution in [-0.2, 0) is 9.53 Å². The Morgan fingerprint density at radius 1 is 1.21 bits per heavy atom. The molecule has 0 spiro atoms. The fourth-order valence-electron chi connectivity index (χ4n) is 2.79. The Hall–Kier alpha value is -2.30. The van der Waals surface area contributed by atoms with Gasteiger partial charge in [-0.05, 0) is 38.8 Å². The lowest BCUT2D eigenvalue weighted by Gasteiger charge is -2.20. The number of hydrogen-bond acceptors (Lipinski definition) is 3. The summed E-state index contributed by atoms with van der Waals surface area (Å²) in [5.41, 5.74) is 1.04. The number of likely N-dealkylation sites (N-methyl/N-ethyl adjacent to an activating group) is 1. The van der Waals surface area contributed by atoms with Gasteiger partial charge in [0.2, 0.25) is 5.91 Å². The van der Waals surface area contributed by atoms with Gasteiger partial charge >= 0.3 is 6.09 Å². The Kier molecular flexibility index (Phi) is 5.02. The van der Waals surface area contributed by atoms with Gasteiger partial charge in [0.15, 0.2) is 0 Å². The molecule has 0 bridgehead atoms. The number of nitrogens with zero attached hydrogens (tertiary/aromatic N) is 2. The molecule has 2 aromatic rings. The van der Waals surface area contributed by atoms with Crippen molar-refractivity contribution in [3.8, 4) is 0 Å². The minimum atomic E-state index is -0.577. The molecule has 0 aliphatic heterocycles. The quantitative estimate of drug-likeness (QED) is 0.854. The minimum absolute atomic E-state index is 0.0320. The summed E-state index contributed by atoms with van der Waals surface area (Å²) in [6.45, 7) is 7.48. The molecule has 1 atom stereocenters. The fraction of sp³-hybridized carbons (Fsp3) is 0.474. The van der Waals surface area contributed by atoms with Gasteiger partial charge in [-0.1, -0.05) is 25.1 Å². The van der Waals surface area contributed by atoms with Gasteiger partial charge in [-0.15, -0.1) is 0 Å². The number of hydrogen-bond donors (Lipinski definition) is 0. The van der Waals surface area contributed by atoms with Crippen molar-refractivity contribution in [2.24, 2.45) is 0 Å². The molecule has 1 heterocycles. The van der Waals surface area contributed by atoms with Crippen molar-refractivity contribution >= 4 is 22.9 Å². The van der Waals surface area contributed by atoms with E-state index in [-0.39, 0.29) is 11.8 Å². The van der Waals surface area contributed by atoms with Crippen LogP contribution < -0.4 is 0 Å². The molecule has 1 amide bonds. The van der Waals surface area contributed by atoms with Gasteiger partial charge < -0.3 is 9.64 Å². The Labute approximate surface area is 143 Å². The standard InChI is InChI=1S/C19H26N2O3/c1-7-13(17(22)20(5)6)15-12-21(18(23)24-19(2,3)4)16-11-9-8-10-14(15)16/h8-13H,7H2,1-6H3. The van der Waals surface area contributed by atoms with Crippen LogP contribution in [0.3, 0.4) is 0 Å². The van der Waals surface area contributed by atoms with E-state index in [4.69, 9.17) is 4.74 Å². The number of para-hydroxylation sites is 1. The van der Waals surface area contributed by atoms with Crippen LogP contribution in [0, 0.1) is 0 Å². The highest BCUT2D eigenvalue weighted by molar-refractivity contribution is 5.96. The molecule has 5 heteroatoms. The average Bonchev–Trinajstić information content (AvgIpc) is 2.86. The lowest BCUT2D eigenvalue weighted by Crippen LogP contribution is -2.28. The molecule has 1 aromatic carbocycles. The summed E-state index contributed by atoms with van der Waals surface area (Å²) < 4.78 is 7.00. The molecule has 5 nitrogen and oxygen atoms in total. The summed E-state index contributed by atoms with van der Waals surface area (Å²) in [5, 5.41) is 0.908. The van der Waals surface area contributed by atoms with E-state index in [1.807, 2.05) is 52.0 Å². The molecule has 24 heavy (non-hydrogen) atoms. The molecule has 0 saturated heterocycles. The summed E-state index contributed by atoms with van der Waals surface area (Å²) in [7, 11) is 3.50. The van der Waals surface area contributed by atoms with Crippen molar-refractivity contribution in [2.75, 3.05) is 14.1 Å². The molecule has 1 unspecified atom stereocenters. The summed E-state index contributed by atoms with van der Waals surface area (Å²) >= 11 is 0. The maximum absolute atomic E-state index is 12.5. The lowest BCUT2D eigenvalue weighted by molar-refractivity contribution is -0.130. The third-order valence-corrected chi connectivity index (χ3v) is 3.86. The topological polar surface area (TPSA) is 51.5 Å².